The zero-order chi connectivity index (χ0) is 17.9. The Morgan fingerprint density at radius 1 is 0.750 bits per heavy atom. The molecule has 0 aromatic rings. The third-order valence-electron chi connectivity index (χ3n) is 4.47. The van der Waals surface area contributed by atoms with E-state index >= 15 is 0 Å². The Balaban J connectivity index is 3.16. The lowest BCUT2D eigenvalue weighted by Gasteiger charge is -2.11. The maximum Gasteiger partial charge on any atom is 0.306 e. The molecule has 1 unspecified atom stereocenters. The van der Waals surface area contributed by atoms with E-state index < -0.39 is 0 Å². The Morgan fingerprint density at radius 2 is 1.17 bits per heavy atom. The molecule has 0 aromatic heterocycles. The van der Waals surface area contributed by atoms with Crippen LogP contribution < -0.4 is 0 Å². The van der Waals surface area contributed by atoms with Crippen LogP contribution in [0.1, 0.15) is 110 Å². The van der Waals surface area contributed by atoms with Crippen molar-refractivity contribution in [2.45, 2.75) is 116 Å². The first-order valence-corrected chi connectivity index (χ1v) is 10.4. The summed E-state index contributed by atoms with van der Waals surface area (Å²) in [5.41, 5.74) is 0. The second-order valence-electron chi connectivity index (χ2n) is 7.10. The summed E-state index contributed by atoms with van der Waals surface area (Å²) in [6.07, 6.45) is 19.1. The molecule has 0 aliphatic heterocycles. The molecule has 3 heteroatoms. The molecule has 0 aliphatic rings. The number of carbonyl (C=O) groups is 1. The number of hydrogen-bond donors (Lipinski definition) is 0. The molecule has 24 heavy (non-hydrogen) atoms. The smallest absolute Gasteiger partial charge is 0.306 e. The zero-order valence-electron chi connectivity index (χ0n) is 16.6. The average Bonchev–Trinajstić information content (AvgIpc) is 2.55. The lowest BCUT2D eigenvalue weighted by molar-refractivity contribution is -0.150. The summed E-state index contributed by atoms with van der Waals surface area (Å²) in [7, 11) is 1.62. The topological polar surface area (TPSA) is 35.5 Å². The Hall–Kier alpha value is -0.570. The van der Waals surface area contributed by atoms with Crippen LogP contribution in [0.15, 0.2) is 0 Å². The lowest BCUT2D eigenvalue weighted by Crippen LogP contribution is -2.19. The largest absolute Gasteiger partial charge is 0.460 e. The summed E-state index contributed by atoms with van der Waals surface area (Å²) in [6.45, 7) is 4.62. The monoisotopic (exact) mass is 342 g/mol. The molecule has 0 rings (SSSR count). The predicted octanol–water partition coefficient (Wildman–Crippen LogP) is 6.44. The fourth-order valence-electron chi connectivity index (χ4n) is 3.02. The minimum Gasteiger partial charge on any atom is -0.460 e. The molecule has 0 spiro atoms. The minimum atomic E-state index is -0.130. The van der Waals surface area contributed by atoms with E-state index in [-0.39, 0.29) is 12.1 Å². The third kappa shape index (κ3) is 17.8. The van der Waals surface area contributed by atoms with E-state index in [1.54, 1.807) is 7.11 Å². The van der Waals surface area contributed by atoms with Gasteiger partial charge in [0.15, 0.2) is 0 Å². The summed E-state index contributed by atoms with van der Waals surface area (Å²) in [6, 6.07) is 0. The molecule has 144 valence electrons. The molecular weight excluding hydrogens is 300 g/mol. The molecule has 0 radical (unpaired) electrons. The first-order valence-electron chi connectivity index (χ1n) is 10.4. The number of methoxy groups -OCH3 is 1. The number of carbonyl (C=O) groups excluding carboxylic acids is 1. The van der Waals surface area contributed by atoms with Crippen LogP contribution in [0, 0.1) is 0 Å². The van der Waals surface area contributed by atoms with E-state index in [0.717, 1.165) is 12.8 Å². The van der Waals surface area contributed by atoms with Crippen LogP contribution in [0.5, 0.6) is 0 Å². The van der Waals surface area contributed by atoms with E-state index in [1.807, 2.05) is 6.92 Å². The van der Waals surface area contributed by atoms with Crippen molar-refractivity contribution in [1.82, 2.24) is 0 Å². The minimum absolute atomic E-state index is 0.0847. The van der Waals surface area contributed by atoms with Crippen LogP contribution in [0.2, 0.25) is 0 Å². The number of ether oxygens (including phenoxy) is 2. The predicted molar refractivity (Wildman–Crippen MR) is 102 cm³/mol. The SMILES string of the molecule is CCCCCCCCCCCCCCCCC(=O)OC(C)COC. The molecule has 0 heterocycles. The molecule has 0 bridgehead atoms. The number of rotatable bonds is 18. The van der Waals surface area contributed by atoms with Crippen LogP contribution in [-0.2, 0) is 14.3 Å². The molecule has 0 N–H and O–H groups in total. The Labute approximate surface area is 150 Å². The van der Waals surface area contributed by atoms with Crippen LogP contribution in [0.25, 0.3) is 0 Å². The van der Waals surface area contributed by atoms with Gasteiger partial charge in [0.05, 0.1) is 6.61 Å². The molecule has 1 atom stereocenters. The molecule has 0 saturated carbocycles. The lowest BCUT2D eigenvalue weighted by atomic mass is 10.0. The highest BCUT2D eigenvalue weighted by Gasteiger charge is 2.08. The maximum atomic E-state index is 11.6. The van der Waals surface area contributed by atoms with Gasteiger partial charge in [0.25, 0.3) is 0 Å². The molecule has 0 aromatic carbocycles. The van der Waals surface area contributed by atoms with Crippen molar-refractivity contribution in [2.75, 3.05) is 13.7 Å². The highest BCUT2D eigenvalue weighted by atomic mass is 16.6. The van der Waals surface area contributed by atoms with Crippen molar-refractivity contribution < 1.29 is 14.3 Å². The van der Waals surface area contributed by atoms with Gasteiger partial charge < -0.3 is 9.47 Å². The number of esters is 1. The van der Waals surface area contributed by atoms with Crippen LogP contribution in [0.4, 0.5) is 0 Å². The van der Waals surface area contributed by atoms with E-state index in [0.29, 0.717) is 13.0 Å². The fraction of sp³-hybridized carbons (Fsp3) is 0.952. The van der Waals surface area contributed by atoms with Crippen molar-refractivity contribution in [3.63, 3.8) is 0 Å². The van der Waals surface area contributed by atoms with Gasteiger partial charge in [-0.1, -0.05) is 90.4 Å². The van der Waals surface area contributed by atoms with Crippen molar-refractivity contribution in [2.24, 2.45) is 0 Å². The molecule has 0 saturated heterocycles. The van der Waals surface area contributed by atoms with Gasteiger partial charge in [0.2, 0.25) is 0 Å². The second kappa shape index (κ2) is 18.8. The zero-order valence-corrected chi connectivity index (χ0v) is 16.6. The van der Waals surface area contributed by atoms with Crippen molar-refractivity contribution >= 4 is 5.97 Å². The molecule has 0 aliphatic carbocycles. The normalized spacial score (nSPS) is 12.3. The Kier molecular flexibility index (Phi) is 18.3. The van der Waals surface area contributed by atoms with Crippen LogP contribution in [-0.4, -0.2) is 25.8 Å². The standard InChI is InChI=1S/C21H42O3/c1-4-5-6-7-8-9-10-11-12-13-14-15-16-17-18-21(22)24-20(2)19-23-3/h20H,4-19H2,1-3H3. The van der Waals surface area contributed by atoms with E-state index in [1.165, 1.54) is 77.0 Å². The second-order valence-corrected chi connectivity index (χ2v) is 7.10. The highest BCUT2D eigenvalue weighted by Crippen LogP contribution is 2.13. The van der Waals surface area contributed by atoms with Gasteiger partial charge in [-0.3, -0.25) is 4.79 Å². The van der Waals surface area contributed by atoms with Crippen LogP contribution in [0.3, 0.4) is 0 Å². The van der Waals surface area contributed by atoms with Crippen molar-refractivity contribution in [3.8, 4) is 0 Å². The first-order chi connectivity index (χ1) is 11.7. The van der Waals surface area contributed by atoms with Crippen LogP contribution >= 0.6 is 0 Å². The molecular formula is C21H42O3. The maximum absolute atomic E-state index is 11.6. The van der Waals surface area contributed by atoms with E-state index in [4.69, 9.17) is 9.47 Å². The summed E-state index contributed by atoms with van der Waals surface area (Å²) in [4.78, 5) is 11.6. The molecule has 3 nitrogen and oxygen atoms in total. The third-order valence-corrected chi connectivity index (χ3v) is 4.47. The highest BCUT2D eigenvalue weighted by molar-refractivity contribution is 5.69. The van der Waals surface area contributed by atoms with Gasteiger partial charge in [0, 0.05) is 13.5 Å². The van der Waals surface area contributed by atoms with E-state index in [2.05, 4.69) is 6.92 Å². The summed E-state index contributed by atoms with van der Waals surface area (Å²) in [5.74, 6) is -0.0847. The first kappa shape index (κ1) is 23.4. The van der Waals surface area contributed by atoms with Crippen molar-refractivity contribution in [1.29, 1.82) is 0 Å². The quantitative estimate of drug-likeness (QED) is 0.212. The number of unbranched alkanes of at least 4 members (excludes halogenated alkanes) is 13. The van der Waals surface area contributed by atoms with Gasteiger partial charge >= 0.3 is 5.97 Å². The van der Waals surface area contributed by atoms with Gasteiger partial charge in [0.1, 0.15) is 6.10 Å². The Morgan fingerprint density at radius 3 is 1.58 bits per heavy atom. The summed E-state index contributed by atoms with van der Waals surface area (Å²) >= 11 is 0. The van der Waals surface area contributed by atoms with Gasteiger partial charge in [-0.25, -0.2) is 0 Å². The summed E-state index contributed by atoms with van der Waals surface area (Å²) < 4.78 is 10.2. The van der Waals surface area contributed by atoms with E-state index in [9.17, 15) is 4.79 Å². The fourth-order valence-corrected chi connectivity index (χ4v) is 3.02. The molecule has 0 amide bonds. The average molecular weight is 343 g/mol. The van der Waals surface area contributed by atoms with Gasteiger partial charge in [-0.2, -0.15) is 0 Å². The van der Waals surface area contributed by atoms with Gasteiger partial charge in [-0.05, 0) is 13.3 Å². The van der Waals surface area contributed by atoms with Gasteiger partial charge in [-0.15, -0.1) is 0 Å². The molecule has 0 fully saturated rings. The van der Waals surface area contributed by atoms with Crippen molar-refractivity contribution in [3.05, 3.63) is 0 Å². The number of hydrogen-bond acceptors (Lipinski definition) is 3. The Bertz CT molecular complexity index is 266. The summed E-state index contributed by atoms with van der Waals surface area (Å²) in [5, 5.41) is 0.